The Kier molecular flexibility index (Phi) is 5.46. The number of benzene rings is 1. The van der Waals surface area contributed by atoms with Gasteiger partial charge >= 0.3 is 5.97 Å². The maximum Gasteiger partial charge on any atom is 0.307 e. The molecule has 0 fully saturated rings. The lowest BCUT2D eigenvalue weighted by atomic mass is 9.96. The molecular formula is C15H20N2O4. The van der Waals surface area contributed by atoms with E-state index in [1.165, 1.54) is 0 Å². The summed E-state index contributed by atoms with van der Waals surface area (Å²) in [5, 5.41) is 14.0. The number of anilines is 1. The minimum absolute atomic E-state index is 0.155. The van der Waals surface area contributed by atoms with E-state index in [-0.39, 0.29) is 18.9 Å². The molecule has 0 radical (unpaired) electrons. The van der Waals surface area contributed by atoms with E-state index in [1.807, 2.05) is 0 Å². The van der Waals surface area contributed by atoms with Crippen molar-refractivity contribution in [2.75, 3.05) is 11.9 Å². The van der Waals surface area contributed by atoms with Crippen LogP contribution in [0.1, 0.15) is 26.3 Å². The van der Waals surface area contributed by atoms with Crippen LogP contribution in [0.15, 0.2) is 24.3 Å². The highest BCUT2D eigenvalue weighted by atomic mass is 16.4. The van der Waals surface area contributed by atoms with Crippen LogP contribution in [-0.4, -0.2) is 29.4 Å². The molecule has 1 aromatic rings. The summed E-state index contributed by atoms with van der Waals surface area (Å²) >= 11 is 0. The molecule has 0 heterocycles. The first-order valence-corrected chi connectivity index (χ1v) is 6.58. The number of carbonyl (C=O) groups excluding carboxylic acids is 2. The molecule has 0 atom stereocenters. The summed E-state index contributed by atoms with van der Waals surface area (Å²) in [5.41, 5.74) is 0.386. The number of hydrogen-bond donors (Lipinski definition) is 3. The molecule has 0 aromatic heterocycles. The fourth-order valence-corrected chi connectivity index (χ4v) is 1.58. The second kappa shape index (κ2) is 6.88. The van der Waals surface area contributed by atoms with Gasteiger partial charge in [-0.25, -0.2) is 0 Å². The molecule has 0 aliphatic heterocycles. The summed E-state index contributed by atoms with van der Waals surface area (Å²) in [6.45, 7) is 5.10. The van der Waals surface area contributed by atoms with Gasteiger partial charge in [0.15, 0.2) is 0 Å². The van der Waals surface area contributed by atoms with Gasteiger partial charge in [-0.2, -0.15) is 0 Å². The van der Waals surface area contributed by atoms with Crippen LogP contribution >= 0.6 is 0 Å². The van der Waals surface area contributed by atoms with Crippen molar-refractivity contribution in [1.29, 1.82) is 0 Å². The van der Waals surface area contributed by atoms with Crippen LogP contribution in [0.5, 0.6) is 0 Å². The van der Waals surface area contributed by atoms with Crippen LogP contribution in [0, 0.1) is 5.41 Å². The highest BCUT2D eigenvalue weighted by molar-refractivity contribution is 5.96. The van der Waals surface area contributed by atoms with E-state index in [9.17, 15) is 14.4 Å². The Morgan fingerprint density at radius 3 is 2.33 bits per heavy atom. The Bertz CT molecular complexity index is 547. The van der Waals surface area contributed by atoms with Crippen molar-refractivity contribution in [3.8, 4) is 0 Å². The third-order valence-corrected chi connectivity index (χ3v) is 2.72. The van der Waals surface area contributed by atoms with Crippen molar-refractivity contribution >= 4 is 23.5 Å². The highest BCUT2D eigenvalue weighted by Crippen LogP contribution is 2.16. The summed E-state index contributed by atoms with van der Waals surface area (Å²) in [4.78, 5) is 34.2. The van der Waals surface area contributed by atoms with Crippen molar-refractivity contribution in [3.63, 3.8) is 0 Å². The topological polar surface area (TPSA) is 95.5 Å². The van der Waals surface area contributed by atoms with Gasteiger partial charge < -0.3 is 15.7 Å². The van der Waals surface area contributed by atoms with Crippen molar-refractivity contribution in [1.82, 2.24) is 5.32 Å². The Morgan fingerprint density at radius 1 is 1.14 bits per heavy atom. The second-order valence-corrected chi connectivity index (χ2v) is 5.71. The van der Waals surface area contributed by atoms with Crippen LogP contribution in [0.4, 0.5) is 5.69 Å². The Morgan fingerprint density at radius 2 is 1.76 bits per heavy atom. The minimum atomic E-state index is -0.974. The molecule has 0 unspecified atom stereocenters. The third-order valence-electron chi connectivity index (χ3n) is 2.72. The van der Waals surface area contributed by atoms with Gasteiger partial charge in [-0.05, 0) is 11.6 Å². The standard InChI is InChI=1S/C15H20N2O4/c1-15(2,3)14(21)16-9-12(18)17-11-7-5-4-6-10(11)8-13(19)20/h4-7H,8-9H2,1-3H3,(H,16,21)(H,17,18)(H,19,20). The first-order chi connectivity index (χ1) is 9.70. The van der Waals surface area contributed by atoms with Gasteiger partial charge in [0.25, 0.3) is 0 Å². The van der Waals surface area contributed by atoms with E-state index >= 15 is 0 Å². The van der Waals surface area contributed by atoms with Gasteiger partial charge in [0.1, 0.15) is 0 Å². The van der Waals surface area contributed by atoms with Crippen molar-refractivity contribution in [3.05, 3.63) is 29.8 Å². The molecule has 114 valence electrons. The maximum atomic E-state index is 11.8. The number of aliphatic carboxylic acids is 1. The third kappa shape index (κ3) is 5.64. The molecule has 0 aliphatic carbocycles. The van der Waals surface area contributed by atoms with Gasteiger partial charge in [0.05, 0.1) is 13.0 Å². The lowest BCUT2D eigenvalue weighted by molar-refractivity contribution is -0.136. The average molecular weight is 292 g/mol. The molecular weight excluding hydrogens is 272 g/mol. The smallest absolute Gasteiger partial charge is 0.307 e. The number of amides is 2. The van der Waals surface area contributed by atoms with E-state index in [0.717, 1.165) is 0 Å². The fraction of sp³-hybridized carbons (Fsp3) is 0.400. The maximum absolute atomic E-state index is 11.8. The van der Waals surface area contributed by atoms with Gasteiger partial charge in [0, 0.05) is 11.1 Å². The molecule has 0 aliphatic rings. The molecule has 6 heteroatoms. The van der Waals surface area contributed by atoms with E-state index in [0.29, 0.717) is 11.3 Å². The Labute approximate surface area is 123 Å². The predicted molar refractivity (Wildman–Crippen MR) is 78.9 cm³/mol. The second-order valence-electron chi connectivity index (χ2n) is 5.71. The lowest BCUT2D eigenvalue weighted by Crippen LogP contribution is -2.39. The number of carboxylic acids is 1. The molecule has 1 rings (SSSR count). The molecule has 0 bridgehead atoms. The highest BCUT2D eigenvalue weighted by Gasteiger charge is 2.21. The minimum Gasteiger partial charge on any atom is -0.481 e. The summed E-state index contributed by atoms with van der Waals surface area (Å²) in [5.74, 6) is -1.60. The van der Waals surface area contributed by atoms with Crippen molar-refractivity contribution in [2.45, 2.75) is 27.2 Å². The zero-order chi connectivity index (χ0) is 16.0. The van der Waals surface area contributed by atoms with Crippen molar-refractivity contribution < 1.29 is 19.5 Å². The molecule has 0 saturated heterocycles. The number of carbonyl (C=O) groups is 3. The summed E-state index contributed by atoms with van der Waals surface area (Å²) in [6, 6.07) is 6.67. The Balaban J connectivity index is 2.63. The van der Waals surface area contributed by atoms with Crippen LogP contribution in [0.3, 0.4) is 0 Å². The number of hydrogen-bond acceptors (Lipinski definition) is 3. The van der Waals surface area contributed by atoms with E-state index in [1.54, 1.807) is 45.0 Å². The number of nitrogens with one attached hydrogen (secondary N) is 2. The number of rotatable bonds is 5. The lowest BCUT2D eigenvalue weighted by Gasteiger charge is -2.17. The average Bonchev–Trinajstić information content (AvgIpc) is 2.36. The Hall–Kier alpha value is -2.37. The van der Waals surface area contributed by atoms with Gasteiger partial charge in [-0.15, -0.1) is 0 Å². The summed E-state index contributed by atoms with van der Waals surface area (Å²) in [7, 11) is 0. The quantitative estimate of drug-likeness (QED) is 0.764. The van der Waals surface area contributed by atoms with Crippen LogP contribution in [-0.2, 0) is 20.8 Å². The van der Waals surface area contributed by atoms with Gasteiger partial charge in [0.2, 0.25) is 11.8 Å². The van der Waals surface area contributed by atoms with Gasteiger partial charge in [-0.1, -0.05) is 39.0 Å². The normalized spacial score (nSPS) is 10.8. The van der Waals surface area contributed by atoms with E-state index < -0.39 is 17.3 Å². The largest absolute Gasteiger partial charge is 0.481 e. The molecule has 0 spiro atoms. The molecule has 6 nitrogen and oxygen atoms in total. The van der Waals surface area contributed by atoms with Crippen LogP contribution < -0.4 is 10.6 Å². The predicted octanol–water partition coefficient (Wildman–Crippen LogP) is 1.41. The summed E-state index contributed by atoms with van der Waals surface area (Å²) in [6.07, 6.45) is -0.176. The fourth-order valence-electron chi connectivity index (χ4n) is 1.58. The molecule has 1 aromatic carbocycles. The molecule has 3 N–H and O–H groups in total. The number of para-hydroxylation sites is 1. The first-order valence-electron chi connectivity index (χ1n) is 6.58. The van der Waals surface area contributed by atoms with Crippen molar-refractivity contribution in [2.24, 2.45) is 5.41 Å². The molecule has 0 saturated carbocycles. The summed E-state index contributed by atoms with van der Waals surface area (Å²) < 4.78 is 0. The van der Waals surface area contributed by atoms with Crippen LogP contribution in [0.25, 0.3) is 0 Å². The SMILES string of the molecule is CC(C)(C)C(=O)NCC(=O)Nc1ccccc1CC(=O)O. The van der Waals surface area contributed by atoms with Crippen LogP contribution in [0.2, 0.25) is 0 Å². The van der Waals surface area contributed by atoms with E-state index in [4.69, 9.17) is 5.11 Å². The molecule has 2 amide bonds. The van der Waals surface area contributed by atoms with E-state index in [2.05, 4.69) is 10.6 Å². The number of carboxylic acid groups (broad SMARTS) is 1. The molecule has 21 heavy (non-hydrogen) atoms. The monoisotopic (exact) mass is 292 g/mol. The first kappa shape index (κ1) is 16.7. The zero-order valence-corrected chi connectivity index (χ0v) is 12.4. The zero-order valence-electron chi connectivity index (χ0n) is 12.4. The van der Waals surface area contributed by atoms with Gasteiger partial charge in [-0.3, -0.25) is 14.4 Å².